The van der Waals surface area contributed by atoms with Crippen LogP contribution in [0.15, 0.2) is 36.5 Å². The van der Waals surface area contributed by atoms with E-state index in [-0.39, 0.29) is 30.6 Å². The summed E-state index contributed by atoms with van der Waals surface area (Å²) in [6.07, 6.45) is 1.29. The molecule has 0 spiro atoms. The smallest absolute Gasteiger partial charge is 0.274 e. The summed E-state index contributed by atoms with van der Waals surface area (Å²) in [5.74, 6) is -0.741. The lowest BCUT2D eigenvalue weighted by Gasteiger charge is -2.21. The third kappa shape index (κ3) is 2.72. The Morgan fingerprint density at radius 3 is 2.95 bits per heavy atom. The van der Waals surface area contributed by atoms with Gasteiger partial charge in [-0.3, -0.25) is 4.79 Å². The van der Waals surface area contributed by atoms with Gasteiger partial charge in [0.25, 0.3) is 5.91 Å². The minimum Gasteiger partial charge on any atom is -0.394 e. The van der Waals surface area contributed by atoms with E-state index in [9.17, 15) is 19.4 Å². The fourth-order valence-electron chi connectivity index (χ4n) is 2.66. The van der Waals surface area contributed by atoms with Crippen LogP contribution in [0.3, 0.4) is 0 Å². The fraction of sp³-hybridized carbons (Fsp3) is 0.333. The largest absolute Gasteiger partial charge is 0.394 e. The average molecular weight is 305 g/mol. The molecule has 3 rings (SSSR count). The minimum absolute atomic E-state index is 0.177. The van der Waals surface area contributed by atoms with Crippen molar-refractivity contribution in [2.75, 3.05) is 13.2 Å². The van der Waals surface area contributed by atoms with Crippen LogP contribution < -0.4 is 0 Å². The van der Waals surface area contributed by atoms with Gasteiger partial charge in [-0.15, -0.1) is 0 Å². The molecule has 1 saturated heterocycles. The van der Waals surface area contributed by atoms with E-state index in [1.165, 1.54) is 27.8 Å². The van der Waals surface area contributed by atoms with E-state index in [2.05, 4.69) is 5.10 Å². The van der Waals surface area contributed by atoms with E-state index >= 15 is 0 Å². The summed E-state index contributed by atoms with van der Waals surface area (Å²) in [5.41, 5.74) is 0.705. The number of rotatable bonds is 3. The number of halogens is 1. The number of hydrogen-bond donors (Lipinski definition) is 2. The second-order valence-electron chi connectivity index (χ2n) is 5.31. The average Bonchev–Trinajstić information content (AvgIpc) is 3.13. The first-order valence-electron chi connectivity index (χ1n) is 7.00. The lowest BCUT2D eigenvalue weighted by Crippen LogP contribution is -2.38. The van der Waals surface area contributed by atoms with Gasteiger partial charge in [0.2, 0.25) is 0 Å². The zero-order valence-electron chi connectivity index (χ0n) is 11.8. The molecule has 0 saturated carbocycles. The summed E-state index contributed by atoms with van der Waals surface area (Å²) in [6.45, 7) is -0.0235. The fourth-order valence-corrected chi connectivity index (χ4v) is 2.66. The molecule has 0 bridgehead atoms. The summed E-state index contributed by atoms with van der Waals surface area (Å²) in [7, 11) is 0. The molecule has 1 aromatic heterocycles. The van der Waals surface area contributed by atoms with Crippen LogP contribution in [0, 0.1) is 5.82 Å². The van der Waals surface area contributed by atoms with Gasteiger partial charge in [-0.1, -0.05) is 6.07 Å². The SMILES string of the molecule is O=C(c1ccn(-c2cccc(F)c2)n1)N1C[C@@H](O)C[C@H]1CO. The van der Waals surface area contributed by atoms with Crippen LogP contribution in [-0.4, -0.2) is 56.1 Å². The summed E-state index contributed by atoms with van der Waals surface area (Å²) >= 11 is 0. The second kappa shape index (κ2) is 5.86. The molecule has 2 N–H and O–H groups in total. The van der Waals surface area contributed by atoms with Crippen molar-refractivity contribution in [3.8, 4) is 5.69 Å². The van der Waals surface area contributed by atoms with Crippen molar-refractivity contribution >= 4 is 5.91 Å². The van der Waals surface area contributed by atoms with Crippen molar-refractivity contribution in [2.45, 2.75) is 18.6 Å². The number of likely N-dealkylation sites (tertiary alicyclic amines) is 1. The van der Waals surface area contributed by atoms with Crippen molar-refractivity contribution in [3.63, 3.8) is 0 Å². The standard InChI is InChI=1S/C15H16FN3O3/c16-10-2-1-3-11(6-10)19-5-4-14(17-19)15(22)18-8-13(21)7-12(18)9-20/h1-6,12-13,20-21H,7-9H2/t12-,13-/m0/s1. The van der Waals surface area contributed by atoms with Gasteiger partial charge in [0.15, 0.2) is 5.69 Å². The molecule has 0 aliphatic carbocycles. The summed E-state index contributed by atoms with van der Waals surface area (Å²) < 4.78 is 14.6. The molecule has 0 unspecified atom stereocenters. The zero-order valence-corrected chi connectivity index (χ0v) is 11.8. The molecular weight excluding hydrogens is 289 g/mol. The van der Waals surface area contributed by atoms with Crippen molar-refractivity contribution in [2.24, 2.45) is 0 Å². The van der Waals surface area contributed by atoms with Crippen LogP contribution in [-0.2, 0) is 0 Å². The predicted molar refractivity (Wildman–Crippen MR) is 76.1 cm³/mol. The van der Waals surface area contributed by atoms with E-state index in [1.54, 1.807) is 18.3 Å². The highest BCUT2D eigenvalue weighted by Gasteiger charge is 2.35. The molecule has 7 heteroatoms. The van der Waals surface area contributed by atoms with Crippen LogP contribution in [0.5, 0.6) is 0 Å². The van der Waals surface area contributed by atoms with E-state index in [1.807, 2.05) is 0 Å². The molecule has 6 nitrogen and oxygen atoms in total. The van der Waals surface area contributed by atoms with Crippen LogP contribution in [0.4, 0.5) is 4.39 Å². The highest BCUT2D eigenvalue weighted by molar-refractivity contribution is 5.92. The maximum atomic E-state index is 13.2. The van der Waals surface area contributed by atoms with Gasteiger partial charge in [0, 0.05) is 12.7 Å². The summed E-state index contributed by atoms with van der Waals surface area (Å²) in [6, 6.07) is 7.02. The molecule has 2 heterocycles. The Morgan fingerprint density at radius 2 is 2.23 bits per heavy atom. The van der Waals surface area contributed by atoms with Crippen molar-refractivity contribution in [1.29, 1.82) is 0 Å². The van der Waals surface area contributed by atoms with Crippen LogP contribution in [0.2, 0.25) is 0 Å². The lowest BCUT2D eigenvalue weighted by molar-refractivity contribution is 0.0658. The molecule has 1 fully saturated rings. The number of nitrogens with zero attached hydrogens (tertiary/aromatic N) is 3. The summed E-state index contributed by atoms with van der Waals surface area (Å²) in [4.78, 5) is 13.8. The molecule has 116 valence electrons. The van der Waals surface area contributed by atoms with Crippen LogP contribution in [0.1, 0.15) is 16.9 Å². The topological polar surface area (TPSA) is 78.6 Å². The molecule has 1 aliphatic rings. The van der Waals surface area contributed by atoms with Gasteiger partial charge < -0.3 is 15.1 Å². The normalized spacial score (nSPS) is 21.3. The van der Waals surface area contributed by atoms with Crippen molar-refractivity contribution in [1.82, 2.24) is 14.7 Å². The third-order valence-corrected chi connectivity index (χ3v) is 3.74. The van der Waals surface area contributed by atoms with Gasteiger partial charge in [-0.05, 0) is 30.7 Å². The second-order valence-corrected chi connectivity index (χ2v) is 5.31. The molecule has 2 aromatic rings. The van der Waals surface area contributed by atoms with E-state index in [0.717, 1.165) is 0 Å². The number of β-amino-alcohol motifs (C(OH)–C–C–N with tert-alkyl or cyclic N) is 1. The molecular formula is C15H16FN3O3. The van der Waals surface area contributed by atoms with Crippen molar-refractivity contribution < 1.29 is 19.4 Å². The first-order chi connectivity index (χ1) is 10.6. The maximum Gasteiger partial charge on any atom is 0.274 e. The summed E-state index contributed by atoms with van der Waals surface area (Å²) in [5, 5.41) is 23.1. The Labute approximate surface area is 126 Å². The number of benzene rings is 1. The Bertz CT molecular complexity index is 688. The molecule has 2 atom stereocenters. The molecule has 1 aromatic carbocycles. The molecule has 1 aliphatic heterocycles. The highest BCUT2D eigenvalue weighted by atomic mass is 19.1. The van der Waals surface area contributed by atoms with Gasteiger partial charge in [-0.25, -0.2) is 9.07 Å². The number of carbonyl (C=O) groups excluding carboxylic acids is 1. The number of aromatic nitrogens is 2. The Balaban J connectivity index is 1.83. The zero-order chi connectivity index (χ0) is 15.7. The minimum atomic E-state index is -0.633. The quantitative estimate of drug-likeness (QED) is 0.869. The van der Waals surface area contributed by atoms with Crippen molar-refractivity contribution in [3.05, 3.63) is 48.0 Å². The van der Waals surface area contributed by atoms with E-state index < -0.39 is 12.1 Å². The third-order valence-electron chi connectivity index (χ3n) is 3.74. The van der Waals surface area contributed by atoms with Gasteiger partial charge in [-0.2, -0.15) is 5.10 Å². The van der Waals surface area contributed by atoms with Crippen LogP contribution in [0.25, 0.3) is 5.69 Å². The number of amides is 1. The van der Waals surface area contributed by atoms with Crippen LogP contribution >= 0.6 is 0 Å². The Kier molecular flexibility index (Phi) is 3.91. The monoisotopic (exact) mass is 305 g/mol. The van der Waals surface area contributed by atoms with E-state index in [4.69, 9.17) is 0 Å². The Morgan fingerprint density at radius 1 is 1.41 bits per heavy atom. The number of aliphatic hydroxyl groups is 2. The van der Waals surface area contributed by atoms with Gasteiger partial charge in [0.1, 0.15) is 5.82 Å². The highest BCUT2D eigenvalue weighted by Crippen LogP contribution is 2.20. The van der Waals surface area contributed by atoms with Gasteiger partial charge in [0.05, 0.1) is 24.4 Å². The first kappa shape index (κ1) is 14.7. The number of hydrogen-bond acceptors (Lipinski definition) is 4. The maximum absolute atomic E-state index is 13.2. The van der Waals surface area contributed by atoms with E-state index in [0.29, 0.717) is 12.1 Å². The Hall–Kier alpha value is -2.25. The molecule has 1 amide bonds. The van der Waals surface area contributed by atoms with Gasteiger partial charge >= 0.3 is 0 Å². The first-order valence-corrected chi connectivity index (χ1v) is 7.00. The number of carbonyl (C=O) groups is 1. The molecule has 0 radical (unpaired) electrons. The lowest BCUT2D eigenvalue weighted by atomic mass is 10.2. The number of aliphatic hydroxyl groups excluding tert-OH is 2. The predicted octanol–water partition coefficient (Wildman–Crippen LogP) is 0.579. The molecule has 22 heavy (non-hydrogen) atoms.